The molecule has 1 heterocycles. The third-order valence-electron chi connectivity index (χ3n) is 1.64. The van der Waals surface area contributed by atoms with Crippen molar-refractivity contribution in [3.8, 4) is 0 Å². The number of aromatic nitrogens is 1. The minimum atomic E-state index is 0.737. The van der Waals surface area contributed by atoms with Gasteiger partial charge in [-0.15, -0.1) is 0 Å². The van der Waals surface area contributed by atoms with E-state index in [0.717, 1.165) is 24.2 Å². The third kappa shape index (κ3) is 2.70. The molecule has 0 aliphatic heterocycles. The molecule has 1 rings (SSSR count). The first-order valence-corrected chi connectivity index (χ1v) is 3.90. The second-order valence-electron chi connectivity index (χ2n) is 2.66. The number of hydrogen-bond acceptors (Lipinski definition) is 3. The van der Waals surface area contributed by atoms with Crippen molar-refractivity contribution in [1.82, 2.24) is 4.98 Å². The fraction of sp³-hybridized carbons (Fsp3) is 0.333. The van der Waals surface area contributed by atoms with Crippen molar-refractivity contribution in [1.29, 1.82) is 0 Å². The summed E-state index contributed by atoms with van der Waals surface area (Å²) in [6.45, 7) is 1.79. The Kier molecular flexibility index (Phi) is 3.26. The van der Waals surface area contributed by atoms with E-state index in [1.54, 1.807) is 13.1 Å². The standard InChI is InChI=1S/C9H12N2O/c1-8(11-12)5-6-9-4-2-3-7-10-9/h2-4,7,12H,5-6H2,1H3/b11-8+. The van der Waals surface area contributed by atoms with E-state index < -0.39 is 0 Å². The number of oxime groups is 1. The zero-order valence-electron chi connectivity index (χ0n) is 7.07. The molecule has 1 aromatic rings. The average molecular weight is 164 g/mol. The zero-order chi connectivity index (χ0) is 8.81. The first-order chi connectivity index (χ1) is 5.83. The molecule has 64 valence electrons. The molecule has 0 fully saturated rings. The maximum absolute atomic E-state index is 8.38. The van der Waals surface area contributed by atoms with Crippen LogP contribution in [-0.4, -0.2) is 15.9 Å². The van der Waals surface area contributed by atoms with Gasteiger partial charge in [0, 0.05) is 11.9 Å². The van der Waals surface area contributed by atoms with Crippen molar-refractivity contribution in [3.05, 3.63) is 30.1 Å². The van der Waals surface area contributed by atoms with Gasteiger partial charge >= 0.3 is 0 Å². The lowest BCUT2D eigenvalue weighted by atomic mass is 10.2. The lowest BCUT2D eigenvalue weighted by Crippen LogP contribution is -1.96. The summed E-state index contributed by atoms with van der Waals surface area (Å²) in [5.74, 6) is 0. The molecule has 0 amide bonds. The highest BCUT2D eigenvalue weighted by atomic mass is 16.4. The first-order valence-electron chi connectivity index (χ1n) is 3.90. The Labute approximate surface area is 71.8 Å². The maximum Gasteiger partial charge on any atom is 0.0543 e. The van der Waals surface area contributed by atoms with Gasteiger partial charge in [0.1, 0.15) is 0 Å². The van der Waals surface area contributed by atoms with Crippen LogP contribution in [0.5, 0.6) is 0 Å². The van der Waals surface area contributed by atoms with Crippen LogP contribution >= 0.6 is 0 Å². The summed E-state index contributed by atoms with van der Waals surface area (Å²) in [4.78, 5) is 4.15. The van der Waals surface area contributed by atoms with Crippen LogP contribution < -0.4 is 0 Å². The quantitative estimate of drug-likeness (QED) is 0.421. The van der Waals surface area contributed by atoms with Crippen molar-refractivity contribution >= 4 is 5.71 Å². The van der Waals surface area contributed by atoms with E-state index in [0.29, 0.717) is 0 Å². The summed E-state index contributed by atoms with van der Waals surface area (Å²) >= 11 is 0. The van der Waals surface area contributed by atoms with E-state index in [1.807, 2.05) is 18.2 Å². The molecule has 1 N–H and O–H groups in total. The zero-order valence-corrected chi connectivity index (χ0v) is 7.07. The summed E-state index contributed by atoms with van der Waals surface area (Å²) in [6.07, 6.45) is 3.35. The van der Waals surface area contributed by atoms with E-state index >= 15 is 0 Å². The molecule has 0 aliphatic carbocycles. The second-order valence-corrected chi connectivity index (χ2v) is 2.66. The third-order valence-corrected chi connectivity index (χ3v) is 1.64. The molecule has 0 radical (unpaired) electrons. The smallest absolute Gasteiger partial charge is 0.0543 e. The van der Waals surface area contributed by atoms with Crippen molar-refractivity contribution < 1.29 is 5.21 Å². The van der Waals surface area contributed by atoms with Crippen LogP contribution in [-0.2, 0) is 6.42 Å². The van der Waals surface area contributed by atoms with Crippen molar-refractivity contribution in [2.45, 2.75) is 19.8 Å². The summed E-state index contributed by atoms with van der Waals surface area (Å²) in [6, 6.07) is 5.80. The van der Waals surface area contributed by atoms with Gasteiger partial charge in [0.25, 0.3) is 0 Å². The largest absolute Gasteiger partial charge is 0.411 e. The minimum Gasteiger partial charge on any atom is -0.411 e. The fourth-order valence-corrected chi connectivity index (χ4v) is 0.905. The molecule has 0 spiro atoms. The Hall–Kier alpha value is -1.38. The molecule has 12 heavy (non-hydrogen) atoms. The van der Waals surface area contributed by atoms with Gasteiger partial charge in [-0.05, 0) is 31.9 Å². The SMILES string of the molecule is C/C(CCc1ccccn1)=N\O. The summed E-state index contributed by atoms with van der Waals surface area (Å²) < 4.78 is 0. The van der Waals surface area contributed by atoms with Crippen LogP contribution in [0.25, 0.3) is 0 Å². The van der Waals surface area contributed by atoms with E-state index in [1.165, 1.54) is 0 Å². The molecule has 1 aromatic heterocycles. The van der Waals surface area contributed by atoms with Gasteiger partial charge in [-0.3, -0.25) is 4.98 Å². The second kappa shape index (κ2) is 4.49. The molecular formula is C9H12N2O. The highest BCUT2D eigenvalue weighted by molar-refractivity contribution is 5.81. The number of aryl methyl sites for hydroxylation is 1. The minimum absolute atomic E-state index is 0.737. The van der Waals surface area contributed by atoms with Crippen molar-refractivity contribution in [2.24, 2.45) is 5.16 Å². The molecule has 0 saturated heterocycles. The Morgan fingerprint density at radius 1 is 1.58 bits per heavy atom. The van der Waals surface area contributed by atoms with Gasteiger partial charge in [-0.1, -0.05) is 11.2 Å². The summed E-state index contributed by atoms with van der Waals surface area (Å²) in [7, 11) is 0. The molecule has 3 heteroatoms. The van der Waals surface area contributed by atoms with Crippen LogP contribution in [0, 0.1) is 0 Å². The maximum atomic E-state index is 8.38. The molecule has 0 aromatic carbocycles. The van der Waals surface area contributed by atoms with Crippen LogP contribution in [0.4, 0.5) is 0 Å². The van der Waals surface area contributed by atoms with Gasteiger partial charge in [-0.2, -0.15) is 0 Å². The van der Waals surface area contributed by atoms with E-state index in [4.69, 9.17) is 5.21 Å². The molecule has 3 nitrogen and oxygen atoms in total. The molecule has 0 saturated carbocycles. The van der Waals surface area contributed by atoms with Crippen molar-refractivity contribution in [2.75, 3.05) is 0 Å². The lowest BCUT2D eigenvalue weighted by Gasteiger charge is -1.97. The predicted octanol–water partition coefficient (Wildman–Crippen LogP) is 1.86. The normalized spacial score (nSPS) is 11.6. The van der Waals surface area contributed by atoms with Gasteiger partial charge in [0.2, 0.25) is 0 Å². The highest BCUT2D eigenvalue weighted by Gasteiger charge is 1.95. The molecule has 0 aliphatic rings. The average Bonchev–Trinajstić information content (AvgIpc) is 2.16. The van der Waals surface area contributed by atoms with Gasteiger partial charge in [0.05, 0.1) is 5.71 Å². The Morgan fingerprint density at radius 3 is 3.00 bits per heavy atom. The van der Waals surface area contributed by atoms with Gasteiger partial charge < -0.3 is 5.21 Å². The highest BCUT2D eigenvalue weighted by Crippen LogP contribution is 1.99. The van der Waals surface area contributed by atoms with E-state index in [9.17, 15) is 0 Å². The van der Waals surface area contributed by atoms with Crippen LogP contribution in [0.2, 0.25) is 0 Å². The van der Waals surface area contributed by atoms with E-state index in [2.05, 4.69) is 10.1 Å². The van der Waals surface area contributed by atoms with Crippen molar-refractivity contribution in [3.63, 3.8) is 0 Å². The topological polar surface area (TPSA) is 45.5 Å². The molecule has 0 atom stereocenters. The summed E-state index contributed by atoms with van der Waals surface area (Å²) in [5.41, 5.74) is 1.76. The fourth-order valence-electron chi connectivity index (χ4n) is 0.905. The number of rotatable bonds is 3. The van der Waals surface area contributed by atoms with Gasteiger partial charge in [-0.25, -0.2) is 0 Å². The van der Waals surface area contributed by atoms with E-state index in [-0.39, 0.29) is 0 Å². The Morgan fingerprint density at radius 2 is 2.42 bits per heavy atom. The molecule has 0 bridgehead atoms. The van der Waals surface area contributed by atoms with Crippen LogP contribution in [0.1, 0.15) is 19.0 Å². The van der Waals surface area contributed by atoms with Crippen LogP contribution in [0.15, 0.2) is 29.6 Å². The molecular weight excluding hydrogens is 152 g/mol. The van der Waals surface area contributed by atoms with Crippen LogP contribution in [0.3, 0.4) is 0 Å². The number of pyridine rings is 1. The Balaban J connectivity index is 2.44. The molecule has 0 unspecified atom stereocenters. The van der Waals surface area contributed by atoms with Gasteiger partial charge in [0.15, 0.2) is 0 Å². The predicted molar refractivity (Wildman–Crippen MR) is 47.5 cm³/mol. The lowest BCUT2D eigenvalue weighted by molar-refractivity contribution is 0.317. The first kappa shape index (κ1) is 8.71. The Bertz CT molecular complexity index is 256. The monoisotopic (exact) mass is 164 g/mol. The summed E-state index contributed by atoms with van der Waals surface area (Å²) in [5, 5.41) is 11.5. The number of nitrogens with zero attached hydrogens (tertiary/aromatic N) is 2. The number of hydrogen-bond donors (Lipinski definition) is 1.